The molecule has 2 fully saturated rings. The van der Waals surface area contributed by atoms with Gasteiger partial charge in [-0.2, -0.15) is 5.10 Å². The topological polar surface area (TPSA) is 52.0 Å². The lowest BCUT2D eigenvalue weighted by Gasteiger charge is -2.47. The fourth-order valence-corrected chi connectivity index (χ4v) is 2.95. The SMILES string of the molecule is CCNCc1ncn(C2CCOC3(CCC3)C2)n1. The Morgan fingerprint density at radius 2 is 2.44 bits per heavy atom. The first-order valence-electron chi connectivity index (χ1n) is 7.06. The number of ether oxygens (including phenoxy) is 1. The molecule has 1 aliphatic heterocycles. The van der Waals surface area contributed by atoms with Crippen molar-refractivity contribution in [1.29, 1.82) is 0 Å². The van der Waals surface area contributed by atoms with E-state index in [0.29, 0.717) is 6.04 Å². The molecule has 0 aromatic carbocycles. The maximum atomic E-state index is 5.95. The summed E-state index contributed by atoms with van der Waals surface area (Å²) in [5.74, 6) is 0.894. The molecule has 1 unspecified atom stereocenters. The number of aromatic nitrogens is 3. The van der Waals surface area contributed by atoms with Crippen molar-refractivity contribution in [1.82, 2.24) is 20.1 Å². The molecule has 1 aromatic heterocycles. The molecular weight excluding hydrogens is 228 g/mol. The maximum absolute atomic E-state index is 5.95. The Hall–Kier alpha value is -0.940. The van der Waals surface area contributed by atoms with Gasteiger partial charge in [0, 0.05) is 6.61 Å². The molecule has 0 amide bonds. The van der Waals surface area contributed by atoms with E-state index >= 15 is 0 Å². The Morgan fingerprint density at radius 1 is 1.56 bits per heavy atom. The Balaban J connectivity index is 1.64. The van der Waals surface area contributed by atoms with Crippen LogP contribution in [-0.4, -0.2) is 33.5 Å². The molecule has 1 N–H and O–H groups in total. The van der Waals surface area contributed by atoms with Crippen molar-refractivity contribution in [2.24, 2.45) is 0 Å². The highest BCUT2D eigenvalue weighted by Gasteiger charge is 2.43. The number of nitrogens with one attached hydrogen (secondary N) is 1. The Bertz CT molecular complexity index is 399. The third-order valence-corrected chi connectivity index (χ3v) is 4.19. The predicted octanol–water partition coefficient (Wildman–Crippen LogP) is 1.66. The molecule has 0 radical (unpaired) electrons. The molecule has 1 saturated heterocycles. The van der Waals surface area contributed by atoms with Crippen LogP contribution in [0, 0.1) is 0 Å². The van der Waals surface area contributed by atoms with E-state index in [9.17, 15) is 0 Å². The lowest BCUT2D eigenvalue weighted by Crippen LogP contribution is -2.46. The minimum Gasteiger partial charge on any atom is -0.375 e. The van der Waals surface area contributed by atoms with Crippen molar-refractivity contribution < 1.29 is 4.74 Å². The van der Waals surface area contributed by atoms with Crippen molar-refractivity contribution in [3.8, 4) is 0 Å². The van der Waals surface area contributed by atoms with Gasteiger partial charge < -0.3 is 10.1 Å². The van der Waals surface area contributed by atoms with Crippen LogP contribution in [0.25, 0.3) is 0 Å². The van der Waals surface area contributed by atoms with E-state index in [0.717, 1.165) is 38.4 Å². The van der Waals surface area contributed by atoms with Crippen LogP contribution in [0.5, 0.6) is 0 Å². The van der Waals surface area contributed by atoms with E-state index in [1.807, 2.05) is 6.33 Å². The smallest absolute Gasteiger partial charge is 0.164 e. The van der Waals surface area contributed by atoms with Gasteiger partial charge in [0.2, 0.25) is 0 Å². The lowest BCUT2D eigenvalue weighted by molar-refractivity contribution is -0.141. The summed E-state index contributed by atoms with van der Waals surface area (Å²) in [4.78, 5) is 4.37. The summed E-state index contributed by atoms with van der Waals surface area (Å²) in [7, 11) is 0. The third kappa shape index (κ3) is 2.29. The van der Waals surface area contributed by atoms with Crippen LogP contribution in [0.2, 0.25) is 0 Å². The molecule has 1 spiro atoms. The zero-order valence-electron chi connectivity index (χ0n) is 11.1. The molecule has 100 valence electrons. The molecule has 18 heavy (non-hydrogen) atoms. The summed E-state index contributed by atoms with van der Waals surface area (Å²) in [6.45, 7) is 4.68. The summed E-state index contributed by atoms with van der Waals surface area (Å²) < 4.78 is 8.00. The van der Waals surface area contributed by atoms with Crippen molar-refractivity contribution in [2.75, 3.05) is 13.2 Å². The van der Waals surface area contributed by atoms with E-state index < -0.39 is 0 Å². The average Bonchev–Trinajstić information content (AvgIpc) is 2.83. The third-order valence-electron chi connectivity index (χ3n) is 4.19. The average molecular weight is 250 g/mol. The zero-order chi connectivity index (χ0) is 12.4. The van der Waals surface area contributed by atoms with Crippen molar-refractivity contribution in [3.05, 3.63) is 12.2 Å². The number of hydrogen-bond acceptors (Lipinski definition) is 4. The van der Waals surface area contributed by atoms with Gasteiger partial charge in [0.1, 0.15) is 6.33 Å². The Morgan fingerprint density at radius 3 is 3.17 bits per heavy atom. The highest BCUT2D eigenvalue weighted by molar-refractivity contribution is 4.96. The molecule has 2 aliphatic rings. The number of rotatable bonds is 4. The molecule has 5 heteroatoms. The first-order valence-corrected chi connectivity index (χ1v) is 7.06. The fourth-order valence-electron chi connectivity index (χ4n) is 2.95. The Kier molecular flexibility index (Phi) is 3.35. The molecule has 1 aromatic rings. The normalized spacial score (nSPS) is 26.2. The second kappa shape index (κ2) is 4.97. The van der Waals surface area contributed by atoms with Crippen LogP contribution in [-0.2, 0) is 11.3 Å². The molecule has 3 rings (SSSR count). The quantitative estimate of drug-likeness (QED) is 0.883. The van der Waals surface area contributed by atoms with Crippen LogP contribution in [0.15, 0.2) is 6.33 Å². The van der Waals surface area contributed by atoms with Crippen LogP contribution >= 0.6 is 0 Å². The fraction of sp³-hybridized carbons (Fsp3) is 0.846. The molecule has 0 bridgehead atoms. The van der Waals surface area contributed by atoms with Gasteiger partial charge in [0.25, 0.3) is 0 Å². The highest BCUT2D eigenvalue weighted by Crippen LogP contribution is 2.45. The molecule has 5 nitrogen and oxygen atoms in total. The van der Waals surface area contributed by atoms with E-state index in [1.165, 1.54) is 19.3 Å². The van der Waals surface area contributed by atoms with Gasteiger partial charge in [-0.05, 0) is 38.6 Å². The molecule has 1 aliphatic carbocycles. The van der Waals surface area contributed by atoms with Crippen molar-refractivity contribution >= 4 is 0 Å². The van der Waals surface area contributed by atoms with Gasteiger partial charge in [-0.1, -0.05) is 6.92 Å². The summed E-state index contributed by atoms with van der Waals surface area (Å²) in [5, 5.41) is 7.84. The van der Waals surface area contributed by atoms with Gasteiger partial charge in [0.15, 0.2) is 5.82 Å². The minimum absolute atomic E-state index is 0.177. The van der Waals surface area contributed by atoms with Crippen molar-refractivity contribution in [2.45, 2.75) is 57.2 Å². The van der Waals surface area contributed by atoms with Crippen LogP contribution in [0.4, 0.5) is 0 Å². The summed E-state index contributed by atoms with van der Waals surface area (Å²) in [6, 6.07) is 0.474. The summed E-state index contributed by atoms with van der Waals surface area (Å²) >= 11 is 0. The van der Waals surface area contributed by atoms with Gasteiger partial charge in [0.05, 0.1) is 18.2 Å². The standard InChI is InChI=1S/C13H22N4O/c1-2-14-9-12-15-10-17(16-12)11-4-7-18-13(8-11)5-3-6-13/h10-11,14H,2-9H2,1H3. The Labute approximate surface area is 108 Å². The first-order chi connectivity index (χ1) is 8.81. The lowest BCUT2D eigenvalue weighted by atomic mass is 9.74. The molecular formula is C13H22N4O. The van der Waals surface area contributed by atoms with Gasteiger partial charge in [-0.15, -0.1) is 0 Å². The van der Waals surface area contributed by atoms with Crippen molar-refractivity contribution in [3.63, 3.8) is 0 Å². The maximum Gasteiger partial charge on any atom is 0.164 e. The number of hydrogen-bond donors (Lipinski definition) is 1. The predicted molar refractivity (Wildman–Crippen MR) is 68.2 cm³/mol. The second-order valence-corrected chi connectivity index (χ2v) is 5.45. The summed E-state index contributed by atoms with van der Waals surface area (Å²) in [6.07, 6.45) is 7.82. The van der Waals surface area contributed by atoms with E-state index in [2.05, 4.69) is 27.0 Å². The minimum atomic E-state index is 0.177. The second-order valence-electron chi connectivity index (χ2n) is 5.45. The number of nitrogens with zero attached hydrogens (tertiary/aromatic N) is 3. The molecule has 1 saturated carbocycles. The van der Waals surface area contributed by atoms with E-state index in [4.69, 9.17) is 4.74 Å². The van der Waals surface area contributed by atoms with Gasteiger partial charge >= 0.3 is 0 Å². The van der Waals surface area contributed by atoms with E-state index in [1.54, 1.807) is 0 Å². The van der Waals surface area contributed by atoms with Crippen LogP contribution in [0.3, 0.4) is 0 Å². The van der Waals surface area contributed by atoms with E-state index in [-0.39, 0.29) is 5.60 Å². The highest BCUT2D eigenvalue weighted by atomic mass is 16.5. The zero-order valence-corrected chi connectivity index (χ0v) is 11.1. The summed E-state index contributed by atoms with van der Waals surface area (Å²) in [5.41, 5.74) is 0.177. The van der Waals surface area contributed by atoms with Gasteiger partial charge in [-0.3, -0.25) is 0 Å². The molecule has 2 heterocycles. The molecule has 1 atom stereocenters. The first kappa shape index (κ1) is 12.1. The van der Waals surface area contributed by atoms with Crippen LogP contribution < -0.4 is 5.32 Å². The monoisotopic (exact) mass is 250 g/mol. The largest absolute Gasteiger partial charge is 0.375 e. The van der Waals surface area contributed by atoms with Gasteiger partial charge in [-0.25, -0.2) is 9.67 Å². The van der Waals surface area contributed by atoms with Crippen LogP contribution in [0.1, 0.15) is 50.9 Å².